The Kier molecular flexibility index (Phi) is 2.99. The molecule has 1 aliphatic rings. The summed E-state index contributed by atoms with van der Waals surface area (Å²) in [6.07, 6.45) is 0. The third-order valence-electron chi connectivity index (χ3n) is 2.69. The molecule has 0 amide bonds. The molecule has 0 spiro atoms. The van der Waals surface area contributed by atoms with Gasteiger partial charge in [0, 0.05) is 19.3 Å². The van der Waals surface area contributed by atoms with Crippen LogP contribution >= 0.6 is 0 Å². The minimum atomic E-state index is 0.145. The maximum atomic E-state index is 5.47. The molecule has 0 aromatic heterocycles. The molecule has 2 N–H and O–H groups in total. The van der Waals surface area contributed by atoms with E-state index in [2.05, 4.69) is 48.1 Å². The summed E-state index contributed by atoms with van der Waals surface area (Å²) in [7, 11) is 2.05. The molecule has 1 heterocycles. The summed E-state index contributed by atoms with van der Waals surface area (Å²) in [6, 6.07) is 8.88. The van der Waals surface area contributed by atoms with Crippen LogP contribution in [0.1, 0.15) is 5.56 Å². The maximum Gasteiger partial charge on any atom is 0.282 e. The van der Waals surface area contributed by atoms with Crippen LogP contribution in [0, 0.1) is 6.92 Å². The number of hydrogen-bond acceptors (Lipinski definition) is 4. The van der Waals surface area contributed by atoms with Gasteiger partial charge in [0.15, 0.2) is 0 Å². The molecule has 0 saturated heterocycles. The van der Waals surface area contributed by atoms with Crippen LogP contribution in [0.3, 0.4) is 0 Å². The highest BCUT2D eigenvalue weighted by atomic mass is 16.5. The topological polar surface area (TPSA) is 50.9 Å². The zero-order chi connectivity index (χ0) is 11.5. The van der Waals surface area contributed by atoms with Gasteiger partial charge in [0.25, 0.3) is 6.02 Å². The van der Waals surface area contributed by atoms with Gasteiger partial charge in [-0.1, -0.05) is 17.7 Å². The molecule has 0 aliphatic carbocycles. The Morgan fingerprint density at radius 1 is 1.44 bits per heavy atom. The van der Waals surface area contributed by atoms with Gasteiger partial charge in [-0.15, -0.1) is 0 Å². The van der Waals surface area contributed by atoms with Crippen LogP contribution in [0.2, 0.25) is 0 Å². The van der Waals surface area contributed by atoms with E-state index >= 15 is 0 Å². The Bertz CT molecular complexity index is 386. The van der Waals surface area contributed by atoms with E-state index in [1.165, 1.54) is 11.3 Å². The first-order valence-electron chi connectivity index (χ1n) is 5.39. The van der Waals surface area contributed by atoms with Crippen molar-refractivity contribution < 1.29 is 4.74 Å². The third-order valence-corrected chi connectivity index (χ3v) is 2.69. The number of likely N-dealkylation sites (N-methyl/N-ethyl adjacent to an activating group) is 1. The molecule has 1 atom stereocenters. The van der Waals surface area contributed by atoms with Crippen LogP contribution in [0.4, 0.5) is 5.69 Å². The summed E-state index contributed by atoms with van der Waals surface area (Å²) >= 11 is 0. The van der Waals surface area contributed by atoms with E-state index in [-0.39, 0.29) is 6.04 Å². The lowest BCUT2D eigenvalue weighted by Gasteiger charge is -2.21. The summed E-state index contributed by atoms with van der Waals surface area (Å²) in [5.41, 5.74) is 7.92. The third kappa shape index (κ3) is 2.45. The van der Waals surface area contributed by atoms with Crippen LogP contribution in [-0.2, 0) is 4.74 Å². The molecule has 2 rings (SSSR count). The first-order valence-corrected chi connectivity index (χ1v) is 5.39. The Morgan fingerprint density at radius 2 is 2.12 bits per heavy atom. The molecular weight excluding hydrogens is 202 g/mol. The summed E-state index contributed by atoms with van der Waals surface area (Å²) in [5, 5.41) is 0. The van der Waals surface area contributed by atoms with Crippen LogP contribution in [0.5, 0.6) is 0 Å². The van der Waals surface area contributed by atoms with Gasteiger partial charge in [0.05, 0.1) is 0 Å². The van der Waals surface area contributed by atoms with E-state index in [1.807, 2.05) is 0 Å². The lowest BCUT2D eigenvalue weighted by Crippen LogP contribution is -2.28. The maximum absolute atomic E-state index is 5.47. The fourth-order valence-electron chi connectivity index (χ4n) is 1.75. The van der Waals surface area contributed by atoms with Crippen molar-refractivity contribution in [2.24, 2.45) is 10.7 Å². The molecule has 4 heteroatoms. The van der Waals surface area contributed by atoms with Crippen LogP contribution in [-0.4, -0.2) is 32.3 Å². The monoisotopic (exact) mass is 219 g/mol. The Balaban J connectivity index is 1.97. The van der Waals surface area contributed by atoms with E-state index in [1.54, 1.807) is 0 Å². The fourth-order valence-corrected chi connectivity index (χ4v) is 1.75. The van der Waals surface area contributed by atoms with Crippen molar-refractivity contribution in [1.29, 1.82) is 0 Å². The van der Waals surface area contributed by atoms with Gasteiger partial charge in [-0.3, -0.25) is 0 Å². The predicted octanol–water partition coefficient (Wildman–Crippen LogP) is 1.14. The Labute approximate surface area is 95.7 Å². The number of aliphatic imine (C=N–C) groups is 1. The summed E-state index contributed by atoms with van der Waals surface area (Å²) in [6.45, 7) is 3.49. The number of ether oxygens (including phenoxy) is 1. The normalized spacial score (nSPS) is 19.1. The van der Waals surface area contributed by atoms with Crippen molar-refractivity contribution in [1.82, 2.24) is 0 Å². The second kappa shape index (κ2) is 4.43. The van der Waals surface area contributed by atoms with Gasteiger partial charge in [0.1, 0.15) is 12.6 Å². The second-order valence-electron chi connectivity index (χ2n) is 4.15. The van der Waals surface area contributed by atoms with Crippen molar-refractivity contribution in [2.75, 3.05) is 25.1 Å². The van der Waals surface area contributed by atoms with Gasteiger partial charge in [0.2, 0.25) is 0 Å². The highest BCUT2D eigenvalue weighted by Gasteiger charge is 2.18. The number of nitrogens with zero attached hydrogens (tertiary/aromatic N) is 2. The number of benzene rings is 1. The molecule has 0 fully saturated rings. The number of nitrogens with two attached hydrogens (primary N) is 1. The highest BCUT2D eigenvalue weighted by molar-refractivity contribution is 5.73. The summed E-state index contributed by atoms with van der Waals surface area (Å²) < 4.78 is 5.12. The van der Waals surface area contributed by atoms with Crippen LogP contribution in [0.25, 0.3) is 0 Å². The van der Waals surface area contributed by atoms with Crippen molar-refractivity contribution in [3.63, 3.8) is 0 Å². The molecule has 0 bridgehead atoms. The van der Waals surface area contributed by atoms with Gasteiger partial charge in [-0.05, 0) is 19.1 Å². The predicted molar refractivity (Wildman–Crippen MR) is 65.8 cm³/mol. The largest absolute Gasteiger partial charge is 0.463 e. The molecule has 16 heavy (non-hydrogen) atoms. The van der Waals surface area contributed by atoms with Gasteiger partial charge >= 0.3 is 0 Å². The van der Waals surface area contributed by atoms with Crippen molar-refractivity contribution >= 4 is 11.7 Å². The van der Waals surface area contributed by atoms with E-state index in [9.17, 15) is 0 Å². The molecule has 0 radical (unpaired) electrons. The minimum Gasteiger partial charge on any atom is -0.463 e. The van der Waals surface area contributed by atoms with Crippen molar-refractivity contribution in [3.8, 4) is 0 Å². The van der Waals surface area contributed by atoms with Gasteiger partial charge in [-0.2, -0.15) is 0 Å². The van der Waals surface area contributed by atoms with E-state index in [0.29, 0.717) is 12.6 Å². The Hall–Kier alpha value is -1.71. The van der Waals surface area contributed by atoms with E-state index < -0.39 is 0 Å². The molecule has 4 nitrogen and oxygen atoms in total. The minimum absolute atomic E-state index is 0.145. The number of amidine groups is 1. The van der Waals surface area contributed by atoms with Gasteiger partial charge < -0.3 is 15.4 Å². The number of anilines is 1. The second-order valence-corrected chi connectivity index (χ2v) is 4.15. The molecule has 1 aromatic rings. The molecule has 86 valence electrons. The fraction of sp³-hybridized carbons (Fsp3) is 0.417. The zero-order valence-corrected chi connectivity index (χ0v) is 9.68. The number of hydrogen-bond donors (Lipinski definition) is 1. The lowest BCUT2D eigenvalue weighted by molar-refractivity contribution is 0.314. The average Bonchev–Trinajstić information content (AvgIpc) is 2.65. The molecule has 1 aromatic carbocycles. The van der Waals surface area contributed by atoms with E-state index in [0.717, 1.165) is 6.54 Å². The van der Waals surface area contributed by atoms with Crippen LogP contribution in [0.15, 0.2) is 29.3 Å². The first-order chi connectivity index (χ1) is 7.65. The SMILES string of the molecule is Cc1ccc(N(C)CC2COC(N)=N2)cc1. The average molecular weight is 219 g/mol. The van der Waals surface area contributed by atoms with Crippen molar-refractivity contribution in [2.45, 2.75) is 13.0 Å². The smallest absolute Gasteiger partial charge is 0.282 e. The quantitative estimate of drug-likeness (QED) is 0.829. The van der Waals surface area contributed by atoms with Crippen molar-refractivity contribution in [3.05, 3.63) is 29.8 Å². The zero-order valence-electron chi connectivity index (χ0n) is 9.68. The standard InChI is InChI=1S/C12H17N3O/c1-9-3-5-11(6-4-9)15(2)7-10-8-16-12(13)14-10/h3-6,10H,7-8H2,1-2H3,(H2,13,14). The van der Waals surface area contributed by atoms with Gasteiger partial charge in [-0.25, -0.2) is 4.99 Å². The molecule has 1 unspecified atom stereocenters. The summed E-state index contributed by atoms with van der Waals surface area (Å²) in [4.78, 5) is 6.36. The number of aryl methyl sites for hydroxylation is 1. The van der Waals surface area contributed by atoms with Crippen LogP contribution < -0.4 is 10.6 Å². The van der Waals surface area contributed by atoms with E-state index in [4.69, 9.17) is 10.5 Å². The molecule has 0 saturated carbocycles. The Morgan fingerprint density at radius 3 is 2.69 bits per heavy atom. The molecular formula is C12H17N3O. The first kappa shape index (κ1) is 10.8. The summed E-state index contributed by atoms with van der Waals surface area (Å²) in [5.74, 6) is 0. The number of rotatable bonds is 3. The highest BCUT2D eigenvalue weighted by Crippen LogP contribution is 2.15. The lowest BCUT2D eigenvalue weighted by atomic mass is 10.2. The molecule has 1 aliphatic heterocycles.